The van der Waals surface area contributed by atoms with E-state index in [0.717, 1.165) is 11.1 Å². The van der Waals surface area contributed by atoms with Gasteiger partial charge in [0.1, 0.15) is 8.07 Å². The molecular weight excluding hydrogens is 244 g/mol. The molecule has 1 unspecified atom stereocenters. The number of benzene rings is 1. The molecule has 0 fully saturated rings. The van der Waals surface area contributed by atoms with Crippen molar-refractivity contribution in [1.82, 2.24) is 0 Å². The van der Waals surface area contributed by atoms with E-state index in [1.165, 1.54) is 0 Å². The Morgan fingerprint density at radius 1 is 1.24 bits per heavy atom. The van der Waals surface area contributed by atoms with E-state index >= 15 is 0 Å². The first-order chi connectivity index (χ1) is 7.92. The van der Waals surface area contributed by atoms with Crippen LogP contribution >= 0.6 is 12.6 Å². The third-order valence-electron chi connectivity index (χ3n) is 2.28. The highest BCUT2D eigenvalue weighted by Gasteiger charge is 2.08. The normalized spacial score (nSPS) is 12.8. The topological polar surface area (TPSA) is 20.2 Å². The Balaban J connectivity index is 2.77. The van der Waals surface area contributed by atoms with Gasteiger partial charge in [-0.15, -0.1) is 5.54 Å². The zero-order valence-corrected chi connectivity index (χ0v) is 12.6. The Hall–Kier alpha value is -0.693. The van der Waals surface area contributed by atoms with Crippen LogP contribution in [0.5, 0.6) is 0 Å². The van der Waals surface area contributed by atoms with Crippen LogP contribution in [0.3, 0.4) is 0 Å². The SMILES string of the molecule is C[Si](C)(C)C#Cc1ccc(C(S)CCO)cc1. The monoisotopic (exact) mass is 264 g/mol. The van der Waals surface area contributed by atoms with Gasteiger partial charge < -0.3 is 5.11 Å². The van der Waals surface area contributed by atoms with E-state index in [1.807, 2.05) is 24.3 Å². The predicted octanol–water partition coefficient (Wildman–Crippen LogP) is 3.27. The average molecular weight is 264 g/mol. The van der Waals surface area contributed by atoms with E-state index in [9.17, 15) is 0 Å². The van der Waals surface area contributed by atoms with Crippen LogP contribution in [0.1, 0.15) is 22.8 Å². The summed E-state index contributed by atoms with van der Waals surface area (Å²) in [5, 5.41) is 8.97. The molecule has 0 saturated heterocycles. The number of hydrogen-bond donors (Lipinski definition) is 2. The molecule has 1 atom stereocenters. The Morgan fingerprint density at radius 2 is 1.82 bits per heavy atom. The summed E-state index contributed by atoms with van der Waals surface area (Å²) < 4.78 is 0. The quantitative estimate of drug-likeness (QED) is 0.488. The minimum atomic E-state index is -1.30. The lowest BCUT2D eigenvalue weighted by Crippen LogP contribution is -2.16. The predicted molar refractivity (Wildman–Crippen MR) is 80.1 cm³/mol. The van der Waals surface area contributed by atoms with Gasteiger partial charge in [0, 0.05) is 17.4 Å². The summed E-state index contributed by atoms with van der Waals surface area (Å²) in [5.74, 6) is 3.22. The molecule has 1 aromatic rings. The van der Waals surface area contributed by atoms with Crippen molar-refractivity contribution in [2.75, 3.05) is 6.61 Å². The highest BCUT2D eigenvalue weighted by molar-refractivity contribution is 7.80. The second-order valence-corrected chi connectivity index (χ2v) is 10.5. The molecule has 3 heteroatoms. The second kappa shape index (κ2) is 6.30. The fraction of sp³-hybridized carbons (Fsp3) is 0.429. The zero-order valence-electron chi connectivity index (χ0n) is 10.7. The zero-order chi connectivity index (χ0) is 12.9. The van der Waals surface area contributed by atoms with Gasteiger partial charge in [-0.1, -0.05) is 37.7 Å². The summed E-state index contributed by atoms with van der Waals surface area (Å²) in [6, 6.07) is 8.15. The van der Waals surface area contributed by atoms with Crippen molar-refractivity contribution in [1.29, 1.82) is 0 Å². The largest absolute Gasteiger partial charge is 0.396 e. The first-order valence-corrected chi connectivity index (χ1v) is 9.86. The molecule has 0 saturated carbocycles. The smallest absolute Gasteiger partial charge is 0.129 e. The maximum absolute atomic E-state index is 8.86. The summed E-state index contributed by atoms with van der Waals surface area (Å²) in [5.41, 5.74) is 5.54. The summed E-state index contributed by atoms with van der Waals surface area (Å²) in [6.45, 7) is 6.88. The molecule has 1 aromatic carbocycles. The summed E-state index contributed by atoms with van der Waals surface area (Å²) in [7, 11) is -1.30. The highest BCUT2D eigenvalue weighted by Crippen LogP contribution is 2.23. The summed E-state index contributed by atoms with van der Waals surface area (Å²) in [4.78, 5) is 0. The molecule has 1 nitrogen and oxygen atoms in total. The van der Waals surface area contributed by atoms with Crippen LogP contribution in [-0.2, 0) is 0 Å². The van der Waals surface area contributed by atoms with Crippen molar-refractivity contribution in [3.8, 4) is 11.5 Å². The van der Waals surface area contributed by atoms with Crippen LogP contribution in [0.25, 0.3) is 0 Å². The number of thiol groups is 1. The van der Waals surface area contributed by atoms with Crippen LogP contribution in [0, 0.1) is 11.5 Å². The van der Waals surface area contributed by atoms with E-state index in [0.29, 0.717) is 6.42 Å². The molecule has 17 heavy (non-hydrogen) atoms. The van der Waals surface area contributed by atoms with Crippen molar-refractivity contribution in [2.45, 2.75) is 31.3 Å². The molecule has 0 radical (unpaired) electrons. The van der Waals surface area contributed by atoms with Crippen molar-refractivity contribution < 1.29 is 5.11 Å². The highest BCUT2D eigenvalue weighted by atomic mass is 32.1. The molecular formula is C14H20OSSi. The number of aliphatic hydroxyl groups is 1. The van der Waals surface area contributed by atoms with Gasteiger partial charge in [-0.3, -0.25) is 0 Å². The number of rotatable bonds is 3. The standard InChI is InChI=1S/C14H20OSSi/c1-17(2,3)11-9-12-4-6-13(7-5-12)14(16)8-10-15/h4-7,14-16H,8,10H2,1-3H3. The third kappa shape index (κ3) is 5.45. The third-order valence-corrected chi connectivity index (χ3v) is 3.71. The molecule has 0 bridgehead atoms. The molecule has 0 amide bonds. The van der Waals surface area contributed by atoms with E-state index in [2.05, 4.69) is 43.7 Å². The first-order valence-electron chi connectivity index (χ1n) is 5.84. The van der Waals surface area contributed by atoms with Gasteiger partial charge >= 0.3 is 0 Å². The van der Waals surface area contributed by atoms with Gasteiger partial charge in [-0.25, -0.2) is 0 Å². The second-order valence-electron chi connectivity index (χ2n) is 5.15. The van der Waals surface area contributed by atoms with E-state index in [1.54, 1.807) is 0 Å². The molecule has 0 aliphatic rings. The molecule has 1 rings (SSSR count). The Labute approximate surface area is 111 Å². The fourth-order valence-corrected chi connectivity index (χ4v) is 2.14. The van der Waals surface area contributed by atoms with Crippen LogP contribution in [0.2, 0.25) is 19.6 Å². The van der Waals surface area contributed by atoms with Gasteiger partial charge in [0.05, 0.1) is 0 Å². The van der Waals surface area contributed by atoms with Gasteiger partial charge in [0.25, 0.3) is 0 Å². The molecule has 92 valence electrons. The maximum atomic E-state index is 8.86. The molecule has 0 spiro atoms. The lowest BCUT2D eigenvalue weighted by molar-refractivity contribution is 0.287. The van der Waals surface area contributed by atoms with E-state index in [-0.39, 0.29) is 11.9 Å². The van der Waals surface area contributed by atoms with Crippen LogP contribution < -0.4 is 0 Å². The Kier molecular flexibility index (Phi) is 5.32. The van der Waals surface area contributed by atoms with Crippen molar-refractivity contribution in [3.05, 3.63) is 35.4 Å². The Morgan fingerprint density at radius 3 is 2.29 bits per heavy atom. The summed E-state index contributed by atoms with van der Waals surface area (Å²) in [6.07, 6.45) is 0.684. The lowest BCUT2D eigenvalue weighted by atomic mass is 10.1. The van der Waals surface area contributed by atoms with Crippen LogP contribution in [0.4, 0.5) is 0 Å². The van der Waals surface area contributed by atoms with Crippen molar-refractivity contribution in [2.24, 2.45) is 0 Å². The average Bonchev–Trinajstić information content (AvgIpc) is 2.26. The fourth-order valence-electron chi connectivity index (χ4n) is 1.34. The van der Waals surface area contributed by atoms with Crippen molar-refractivity contribution in [3.63, 3.8) is 0 Å². The van der Waals surface area contributed by atoms with Crippen LogP contribution in [-0.4, -0.2) is 19.8 Å². The van der Waals surface area contributed by atoms with Gasteiger partial charge in [-0.2, -0.15) is 12.6 Å². The minimum Gasteiger partial charge on any atom is -0.396 e. The van der Waals surface area contributed by atoms with Gasteiger partial charge in [-0.05, 0) is 24.1 Å². The number of aliphatic hydroxyl groups excluding tert-OH is 1. The molecule has 0 heterocycles. The minimum absolute atomic E-state index is 0.110. The molecule has 0 aromatic heterocycles. The first kappa shape index (κ1) is 14.4. The maximum Gasteiger partial charge on any atom is 0.129 e. The van der Waals surface area contributed by atoms with Crippen molar-refractivity contribution >= 4 is 20.7 Å². The lowest BCUT2D eigenvalue weighted by Gasteiger charge is -2.09. The van der Waals surface area contributed by atoms with E-state index < -0.39 is 8.07 Å². The van der Waals surface area contributed by atoms with E-state index in [4.69, 9.17) is 5.11 Å². The van der Waals surface area contributed by atoms with Gasteiger partial charge in [0.15, 0.2) is 0 Å². The molecule has 0 aliphatic carbocycles. The Bertz CT molecular complexity index is 409. The molecule has 1 N–H and O–H groups in total. The van der Waals surface area contributed by atoms with Crippen LogP contribution in [0.15, 0.2) is 24.3 Å². The molecule has 0 aliphatic heterocycles. The summed E-state index contributed by atoms with van der Waals surface area (Å²) >= 11 is 4.44. The number of hydrogen-bond acceptors (Lipinski definition) is 2. The van der Waals surface area contributed by atoms with Gasteiger partial charge in [0.2, 0.25) is 0 Å².